The van der Waals surface area contributed by atoms with E-state index in [1.165, 1.54) is 0 Å². The molecular formula is C20H29ClN2O3. The SMILES string of the molecule is CCCOc1c(Cl)cc(C(=O)N2CC[C@@H]3CNC[C@@H]3CC2)cc1OCC. The lowest BCUT2D eigenvalue weighted by Gasteiger charge is -2.22. The molecule has 0 aromatic heterocycles. The van der Waals surface area contributed by atoms with Crippen molar-refractivity contribution in [2.75, 3.05) is 39.4 Å². The van der Waals surface area contributed by atoms with Gasteiger partial charge >= 0.3 is 0 Å². The summed E-state index contributed by atoms with van der Waals surface area (Å²) in [6.45, 7) is 8.78. The molecular weight excluding hydrogens is 352 g/mol. The Labute approximate surface area is 161 Å². The normalized spacial score (nSPS) is 22.7. The van der Waals surface area contributed by atoms with E-state index in [2.05, 4.69) is 5.32 Å². The van der Waals surface area contributed by atoms with E-state index in [1.54, 1.807) is 12.1 Å². The molecule has 3 rings (SSSR count). The Hall–Kier alpha value is -1.46. The van der Waals surface area contributed by atoms with Gasteiger partial charge in [0.05, 0.1) is 18.2 Å². The molecule has 0 bridgehead atoms. The third kappa shape index (κ3) is 4.26. The summed E-state index contributed by atoms with van der Waals surface area (Å²) in [5.41, 5.74) is 0.576. The molecule has 6 heteroatoms. The maximum atomic E-state index is 13.1. The summed E-state index contributed by atoms with van der Waals surface area (Å²) in [4.78, 5) is 15.0. The highest BCUT2D eigenvalue weighted by atomic mass is 35.5. The first-order valence-electron chi connectivity index (χ1n) is 9.73. The van der Waals surface area contributed by atoms with Crippen LogP contribution in [0.15, 0.2) is 12.1 Å². The predicted octanol–water partition coefficient (Wildman–Crippen LogP) is 3.60. The highest BCUT2D eigenvalue weighted by molar-refractivity contribution is 6.32. The van der Waals surface area contributed by atoms with E-state index in [1.807, 2.05) is 18.7 Å². The van der Waals surface area contributed by atoms with Gasteiger partial charge in [0.1, 0.15) is 0 Å². The number of hydrogen-bond donors (Lipinski definition) is 1. The quantitative estimate of drug-likeness (QED) is 0.819. The maximum Gasteiger partial charge on any atom is 0.254 e. The zero-order valence-corrected chi connectivity index (χ0v) is 16.5. The molecule has 1 amide bonds. The molecule has 144 valence electrons. The molecule has 1 aromatic rings. The van der Waals surface area contributed by atoms with Crippen LogP contribution in [0.5, 0.6) is 11.5 Å². The lowest BCUT2D eigenvalue weighted by Crippen LogP contribution is -2.32. The molecule has 1 aromatic carbocycles. The number of nitrogens with one attached hydrogen (secondary N) is 1. The highest BCUT2D eigenvalue weighted by Crippen LogP contribution is 2.37. The minimum Gasteiger partial charge on any atom is -0.490 e. The van der Waals surface area contributed by atoms with Crippen LogP contribution in [0, 0.1) is 11.8 Å². The molecule has 2 fully saturated rings. The van der Waals surface area contributed by atoms with E-state index < -0.39 is 0 Å². The van der Waals surface area contributed by atoms with E-state index in [0.29, 0.717) is 47.1 Å². The number of rotatable bonds is 6. The van der Waals surface area contributed by atoms with Crippen molar-refractivity contribution in [3.8, 4) is 11.5 Å². The maximum absolute atomic E-state index is 13.1. The van der Waals surface area contributed by atoms with Gasteiger partial charge in [-0.05, 0) is 63.2 Å². The van der Waals surface area contributed by atoms with Crippen molar-refractivity contribution in [2.24, 2.45) is 11.8 Å². The first kappa shape index (κ1) is 19.3. The average molecular weight is 381 g/mol. The number of carbonyl (C=O) groups is 1. The second-order valence-corrected chi connectivity index (χ2v) is 7.52. The minimum absolute atomic E-state index is 0.0304. The Bertz CT molecular complexity index is 624. The van der Waals surface area contributed by atoms with Gasteiger partial charge in [-0.2, -0.15) is 0 Å². The topological polar surface area (TPSA) is 50.8 Å². The number of likely N-dealkylation sites (tertiary alicyclic amines) is 1. The zero-order chi connectivity index (χ0) is 18.5. The molecule has 2 aliphatic heterocycles. The lowest BCUT2D eigenvalue weighted by atomic mass is 9.92. The Kier molecular flexibility index (Phi) is 6.65. The van der Waals surface area contributed by atoms with Crippen LogP contribution < -0.4 is 14.8 Å². The van der Waals surface area contributed by atoms with E-state index in [0.717, 1.165) is 45.4 Å². The number of carbonyl (C=O) groups excluding carboxylic acids is 1. The smallest absolute Gasteiger partial charge is 0.254 e. The summed E-state index contributed by atoms with van der Waals surface area (Å²) in [6.07, 6.45) is 3.01. The van der Waals surface area contributed by atoms with Gasteiger partial charge in [-0.3, -0.25) is 4.79 Å². The molecule has 1 N–H and O–H groups in total. The standard InChI is InChI=1S/C20H29ClN2O3/c1-3-9-26-19-17(21)10-16(11-18(19)25-4-2)20(24)23-7-5-14-12-22-13-15(14)6-8-23/h10-11,14-15,22H,3-9,12-13H2,1-2H3/t14-,15+. The molecule has 2 aliphatic rings. The van der Waals surface area contributed by atoms with Gasteiger partial charge in [0.25, 0.3) is 5.91 Å². The number of fused-ring (bicyclic) bond motifs is 1. The van der Waals surface area contributed by atoms with Gasteiger partial charge < -0.3 is 19.7 Å². The molecule has 0 spiro atoms. The predicted molar refractivity (Wildman–Crippen MR) is 103 cm³/mol. The third-order valence-electron chi connectivity index (χ3n) is 5.31. The van der Waals surface area contributed by atoms with Crippen molar-refractivity contribution in [1.82, 2.24) is 10.2 Å². The van der Waals surface area contributed by atoms with Crippen LogP contribution in [0.1, 0.15) is 43.5 Å². The Morgan fingerprint density at radius 1 is 1.19 bits per heavy atom. The molecule has 26 heavy (non-hydrogen) atoms. The van der Waals surface area contributed by atoms with Gasteiger partial charge in [-0.15, -0.1) is 0 Å². The Morgan fingerprint density at radius 2 is 1.88 bits per heavy atom. The van der Waals surface area contributed by atoms with Crippen LogP contribution in [0.2, 0.25) is 5.02 Å². The molecule has 0 saturated carbocycles. The number of benzene rings is 1. The van der Waals surface area contributed by atoms with Gasteiger partial charge in [-0.1, -0.05) is 18.5 Å². The molecule has 2 saturated heterocycles. The molecule has 0 unspecified atom stereocenters. The van der Waals surface area contributed by atoms with Gasteiger partial charge in [0, 0.05) is 18.7 Å². The second kappa shape index (κ2) is 8.96. The van der Waals surface area contributed by atoms with Crippen molar-refractivity contribution in [1.29, 1.82) is 0 Å². The van der Waals surface area contributed by atoms with Crippen LogP contribution in [0.3, 0.4) is 0 Å². The van der Waals surface area contributed by atoms with Crippen LogP contribution in [0.25, 0.3) is 0 Å². The van der Waals surface area contributed by atoms with Gasteiger partial charge in [-0.25, -0.2) is 0 Å². The van der Waals surface area contributed by atoms with E-state index >= 15 is 0 Å². The molecule has 0 aliphatic carbocycles. The summed E-state index contributed by atoms with van der Waals surface area (Å²) < 4.78 is 11.4. The largest absolute Gasteiger partial charge is 0.490 e. The van der Waals surface area contributed by atoms with Crippen LogP contribution in [0.4, 0.5) is 0 Å². The molecule has 5 nitrogen and oxygen atoms in total. The summed E-state index contributed by atoms with van der Waals surface area (Å²) >= 11 is 6.42. The van der Waals surface area contributed by atoms with Crippen molar-refractivity contribution < 1.29 is 14.3 Å². The average Bonchev–Trinajstić information content (AvgIpc) is 2.99. The van der Waals surface area contributed by atoms with Gasteiger partial charge in [0.2, 0.25) is 0 Å². The Morgan fingerprint density at radius 3 is 2.50 bits per heavy atom. The molecule has 2 heterocycles. The monoisotopic (exact) mass is 380 g/mol. The summed E-state index contributed by atoms with van der Waals surface area (Å²) in [5, 5.41) is 3.90. The van der Waals surface area contributed by atoms with E-state index in [9.17, 15) is 4.79 Å². The summed E-state index contributed by atoms with van der Waals surface area (Å²) in [7, 11) is 0. The summed E-state index contributed by atoms with van der Waals surface area (Å²) in [5.74, 6) is 2.50. The first-order chi connectivity index (χ1) is 12.6. The van der Waals surface area contributed by atoms with Crippen LogP contribution in [-0.2, 0) is 0 Å². The van der Waals surface area contributed by atoms with Gasteiger partial charge in [0.15, 0.2) is 11.5 Å². The number of halogens is 1. The van der Waals surface area contributed by atoms with Crippen molar-refractivity contribution in [2.45, 2.75) is 33.1 Å². The number of ether oxygens (including phenoxy) is 2. The fourth-order valence-corrected chi connectivity index (χ4v) is 4.17. The zero-order valence-electron chi connectivity index (χ0n) is 15.7. The second-order valence-electron chi connectivity index (χ2n) is 7.11. The molecule has 0 radical (unpaired) electrons. The van der Waals surface area contributed by atoms with Crippen molar-refractivity contribution in [3.63, 3.8) is 0 Å². The van der Waals surface area contributed by atoms with E-state index in [4.69, 9.17) is 21.1 Å². The third-order valence-corrected chi connectivity index (χ3v) is 5.59. The fraction of sp³-hybridized carbons (Fsp3) is 0.650. The molecule has 2 atom stereocenters. The fourth-order valence-electron chi connectivity index (χ4n) is 3.90. The number of hydrogen-bond acceptors (Lipinski definition) is 4. The van der Waals surface area contributed by atoms with E-state index in [-0.39, 0.29) is 5.91 Å². The first-order valence-corrected chi connectivity index (χ1v) is 10.1. The lowest BCUT2D eigenvalue weighted by molar-refractivity contribution is 0.0758. The van der Waals surface area contributed by atoms with Crippen molar-refractivity contribution >= 4 is 17.5 Å². The van der Waals surface area contributed by atoms with Crippen molar-refractivity contribution in [3.05, 3.63) is 22.7 Å². The minimum atomic E-state index is 0.0304. The Balaban J connectivity index is 1.77. The number of amides is 1. The summed E-state index contributed by atoms with van der Waals surface area (Å²) in [6, 6.07) is 3.49. The highest BCUT2D eigenvalue weighted by Gasteiger charge is 2.32. The number of nitrogens with zero attached hydrogens (tertiary/aromatic N) is 1. The van der Waals surface area contributed by atoms with Crippen LogP contribution in [-0.4, -0.2) is 50.2 Å². The van der Waals surface area contributed by atoms with Crippen LogP contribution >= 0.6 is 11.6 Å².